The van der Waals surface area contributed by atoms with Crippen molar-refractivity contribution in [3.8, 4) is 0 Å². The lowest BCUT2D eigenvalue weighted by atomic mass is 9.66. The van der Waals surface area contributed by atoms with E-state index < -0.39 is 11.8 Å². The van der Waals surface area contributed by atoms with Gasteiger partial charge in [-0.2, -0.15) is 0 Å². The van der Waals surface area contributed by atoms with Gasteiger partial charge in [0, 0.05) is 35.0 Å². The van der Waals surface area contributed by atoms with Gasteiger partial charge in [-0.15, -0.1) is 0 Å². The number of nitrogens with zero attached hydrogens (tertiary/aromatic N) is 1. The van der Waals surface area contributed by atoms with Gasteiger partial charge in [-0.05, 0) is 55.0 Å². The Morgan fingerprint density at radius 2 is 1.74 bits per heavy atom. The van der Waals surface area contributed by atoms with Gasteiger partial charge in [0.1, 0.15) is 5.82 Å². The first-order valence-corrected chi connectivity index (χ1v) is 10.6. The molecule has 2 aliphatic rings. The second kappa shape index (κ2) is 7.88. The minimum Gasteiger partial charge on any atom is -0.325 e. The van der Waals surface area contributed by atoms with Gasteiger partial charge in [-0.1, -0.05) is 44.2 Å². The number of hydrogen-bond donors (Lipinski definition) is 1. The van der Waals surface area contributed by atoms with Crippen LogP contribution in [0.2, 0.25) is 0 Å². The van der Waals surface area contributed by atoms with E-state index in [-0.39, 0.29) is 22.9 Å². The number of rotatable bonds is 3. The second-order valence-corrected chi connectivity index (χ2v) is 9.37. The molecular formula is C26H27FN2O2. The highest BCUT2D eigenvalue weighted by Crippen LogP contribution is 2.47. The van der Waals surface area contributed by atoms with E-state index in [1.54, 1.807) is 12.1 Å². The summed E-state index contributed by atoms with van der Waals surface area (Å²) >= 11 is 0. The van der Waals surface area contributed by atoms with E-state index in [9.17, 15) is 14.0 Å². The lowest BCUT2D eigenvalue weighted by Crippen LogP contribution is -2.41. The quantitative estimate of drug-likeness (QED) is 0.706. The number of ketones is 1. The van der Waals surface area contributed by atoms with Gasteiger partial charge in [-0.3, -0.25) is 14.6 Å². The van der Waals surface area contributed by atoms with Crippen molar-refractivity contribution < 1.29 is 14.0 Å². The number of carbonyl (C=O) groups excluding carboxylic acids is 2. The molecule has 2 aromatic carbocycles. The summed E-state index contributed by atoms with van der Waals surface area (Å²) in [7, 11) is 0. The van der Waals surface area contributed by atoms with Crippen molar-refractivity contribution in [3.63, 3.8) is 0 Å². The number of carbonyl (C=O) groups is 2. The number of nitrogens with one attached hydrogen (secondary N) is 1. The fourth-order valence-corrected chi connectivity index (χ4v) is 4.74. The topological polar surface area (TPSA) is 58.5 Å². The van der Waals surface area contributed by atoms with Gasteiger partial charge in [0.25, 0.3) is 0 Å². The average molecular weight is 419 g/mol. The molecule has 5 heteroatoms. The van der Waals surface area contributed by atoms with E-state index in [0.29, 0.717) is 24.1 Å². The van der Waals surface area contributed by atoms with E-state index in [2.05, 4.69) is 19.2 Å². The molecule has 0 radical (unpaired) electrons. The molecule has 0 aromatic heterocycles. The maximum atomic E-state index is 13.6. The van der Waals surface area contributed by atoms with Crippen LogP contribution in [0, 0.1) is 24.1 Å². The highest BCUT2D eigenvalue weighted by atomic mass is 19.1. The average Bonchev–Trinajstić information content (AvgIpc) is 2.68. The van der Waals surface area contributed by atoms with Crippen LogP contribution in [0.4, 0.5) is 10.1 Å². The molecule has 160 valence electrons. The van der Waals surface area contributed by atoms with Gasteiger partial charge in [0.15, 0.2) is 5.78 Å². The first kappa shape index (κ1) is 21.2. The molecule has 1 aliphatic carbocycles. The van der Waals surface area contributed by atoms with Gasteiger partial charge < -0.3 is 5.32 Å². The predicted octanol–water partition coefficient (Wildman–Crippen LogP) is 5.59. The number of allylic oxidation sites excluding steroid dienone is 2. The summed E-state index contributed by atoms with van der Waals surface area (Å²) in [6.45, 7) is 7.89. The summed E-state index contributed by atoms with van der Waals surface area (Å²) in [6.07, 6.45) is 1.08. The number of benzene rings is 2. The molecule has 1 N–H and O–H groups in total. The standard InChI is InChI=1S/C26H27FN2O2/c1-15-7-5-6-8-19(15)29-25(31)22-16(2)28-20-13-26(3,4)14-21(30)24(20)23(22)17-9-11-18(27)12-10-17/h5-12,22-23H,13-14H2,1-4H3,(H,29,31)/t22?,23-/m0/s1. The molecule has 31 heavy (non-hydrogen) atoms. The minimum absolute atomic E-state index is 0.0190. The van der Waals surface area contributed by atoms with E-state index in [0.717, 1.165) is 22.5 Å². The number of para-hydroxylation sites is 1. The molecule has 1 amide bonds. The Balaban J connectivity index is 1.80. The number of aryl methyl sites for hydroxylation is 1. The largest absolute Gasteiger partial charge is 0.325 e. The highest BCUT2D eigenvalue weighted by molar-refractivity contribution is 6.13. The zero-order chi connectivity index (χ0) is 22.3. The summed E-state index contributed by atoms with van der Waals surface area (Å²) in [5.74, 6) is -1.68. The van der Waals surface area contributed by atoms with Gasteiger partial charge in [-0.25, -0.2) is 4.39 Å². The second-order valence-electron chi connectivity index (χ2n) is 9.37. The van der Waals surface area contributed by atoms with E-state index in [4.69, 9.17) is 4.99 Å². The zero-order valence-electron chi connectivity index (χ0n) is 18.3. The van der Waals surface area contributed by atoms with E-state index in [1.165, 1.54) is 12.1 Å². The van der Waals surface area contributed by atoms with Crippen LogP contribution in [0.25, 0.3) is 0 Å². The van der Waals surface area contributed by atoms with Crippen LogP contribution >= 0.6 is 0 Å². The van der Waals surface area contributed by atoms with E-state index >= 15 is 0 Å². The third kappa shape index (κ3) is 4.09. The fraction of sp³-hybridized carbons (Fsp3) is 0.346. The lowest BCUT2D eigenvalue weighted by Gasteiger charge is -2.39. The molecule has 2 aromatic rings. The van der Waals surface area contributed by atoms with Crippen molar-refractivity contribution >= 4 is 23.1 Å². The van der Waals surface area contributed by atoms with Gasteiger partial charge in [0.2, 0.25) is 5.91 Å². The maximum Gasteiger partial charge on any atom is 0.234 e. The maximum absolute atomic E-state index is 13.6. The molecule has 0 saturated heterocycles. The number of Topliss-reactive ketones (excluding diaryl/α,β-unsaturated/α-hetero) is 1. The lowest BCUT2D eigenvalue weighted by molar-refractivity contribution is -0.119. The Kier molecular flexibility index (Phi) is 5.38. The molecule has 2 atom stereocenters. The SMILES string of the molecule is CC1=NC2=C(C(=O)CC(C)(C)C2)[C@@H](c2ccc(F)cc2)C1C(=O)Nc1ccccc1C. The monoisotopic (exact) mass is 418 g/mol. The molecule has 0 fully saturated rings. The number of aliphatic imine (C=N–C) groups is 1. The van der Waals surface area contributed by atoms with E-state index in [1.807, 2.05) is 38.1 Å². The highest BCUT2D eigenvalue weighted by Gasteiger charge is 2.45. The van der Waals surface area contributed by atoms with Crippen LogP contribution in [0.15, 0.2) is 64.8 Å². The summed E-state index contributed by atoms with van der Waals surface area (Å²) in [5.41, 5.74) is 4.29. The van der Waals surface area contributed by atoms with Gasteiger partial charge in [0.05, 0.1) is 5.92 Å². The van der Waals surface area contributed by atoms with Crippen LogP contribution < -0.4 is 5.32 Å². The van der Waals surface area contributed by atoms with Gasteiger partial charge >= 0.3 is 0 Å². The Morgan fingerprint density at radius 3 is 2.42 bits per heavy atom. The van der Waals surface area contributed by atoms with Crippen LogP contribution in [-0.2, 0) is 9.59 Å². The molecule has 1 unspecified atom stereocenters. The molecule has 4 rings (SSSR count). The molecule has 1 aliphatic heterocycles. The first-order valence-electron chi connectivity index (χ1n) is 10.6. The normalized spacial score (nSPS) is 22.6. The molecule has 0 bridgehead atoms. The summed E-state index contributed by atoms with van der Waals surface area (Å²) in [5, 5.41) is 3.02. The summed E-state index contributed by atoms with van der Waals surface area (Å²) < 4.78 is 13.6. The summed E-state index contributed by atoms with van der Waals surface area (Å²) in [6, 6.07) is 13.7. The van der Waals surface area contributed by atoms with Crippen LogP contribution in [-0.4, -0.2) is 17.4 Å². The predicted molar refractivity (Wildman–Crippen MR) is 121 cm³/mol. The number of anilines is 1. The van der Waals surface area contributed by atoms with Crippen molar-refractivity contribution in [2.75, 3.05) is 5.32 Å². The molecule has 1 heterocycles. The fourth-order valence-electron chi connectivity index (χ4n) is 4.74. The molecular weight excluding hydrogens is 391 g/mol. The Morgan fingerprint density at radius 1 is 1.06 bits per heavy atom. The third-order valence-electron chi connectivity index (χ3n) is 6.22. The van der Waals surface area contributed by atoms with Crippen LogP contribution in [0.1, 0.15) is 50.7 Å². The number of amides is 1. The van der Waals surface area contributed by atoms with Crippen molar-refractivity contribution in [3.05, 3.63) is 76.7 Å². The van der Waals surface area contributed by atoms with Crippen molar-refractivity contribution in [1.82, 2.24) is 0 Å². The van der Waals surface area contributed by atoms with Crippen molar-refractivity contribution in [1.29, 1.82) is 0 Å². The Labute approximate surface area is 182 Å². The van der Waals surface area contributed by atoms with Crippen LogP contribution in [0.5, 0.6) is 0 Å². The molecule has 0 saturated carbocycles. The van der Waals surface area contributed by atoms with Crippen molar-refractivity contribution in [2.45, 2.75) is 46.5 Å². The smallest absolute Gasteiger partial charge is 0.234 e. The number of halogens is 1. The first-order chi connectivity index (χ1) is 14.7. The zero-order valence-corrected chi connectivity index (χ0v) is 18.3. The Hall–Kier alpha value is -3.08. The van der Waals surface area contributed by atoms with Crippen molar-refractivity contribution in [2.24, 2.45) is 16.3 Å². The summed E-state index contributed by atoms with van der Waals surface area (Å²) in [4.78, 5) is 31.5. The Bertz CT molecular complexity index is 1110. The van der Waals surface area contributed by atoms with Crippen LogP contribution in [0.3, 0.4) is 0 Å². The molecule has 0 spiro atoms. The molecule has 4 nitrogen and oxygen atoms in total. The number of hydrogen-bond acceptors (Lipinski definition) is 3. The minimum atomic E-state index is -0.644. The third-order valence-corrected chi connectivity index (χ3v) is 6.22.